The molecule has 0 spiro atoms. The summed E-state index contributed by atoms with van der Waals surface area (Å²) in [4.78, 5) is 11.3. The molecule has 4 nitrogen and oxygen atoms in total. The number of anilines is 1. The van der Waals surface area contributed by atoms with Crippen LogP contribution < -0.4 is 10.1 Å². The van der Waals surface area contributed by atoms with Gasteiger partial charge in [0, 0.05) is 5.69 Å². The minimum Gasteiger partial charge on any atom is -0.491 e. The van der Waals surface area contributed by atoms with Gasteiger partial charge in [-0.15, -0.1) is 0 Å². The number of hydrogen-bond donors (Lipinski definition) is 1. The smallest absolute Gasteiger partial charge is 0.411 e. The van der Waals surface area contributed by atoms with Gasteiger partial charge >= 0.3 is 6.09 Å². The highest BCUT2D eigenvalue weighted by molar-refractivity contribution is 5.84. The average Bonchev–Trinajstić information content (AvgIpc) is 2.18. The first-order valence-corrected chi connectivity index (χ1v) is 5.71. The Morgan fingerprint density at radius 1 is 1.06 bits per heavy atom. The van der Waals surface area contributed by atoms with E-state index in [-0.39, 0.29) is 12.2 Å². The molecule has 0 saturated heterocycles. The number of ether oxygens (including phenoxy) is 2. The van der Waals surface area contributed by atoms with Gasteiger partial charge in [-0.1, -0.05) is 0 Å². The zero-order valence-electron chi connectivity index (χ0n) is 10.7. The van der Waals surface area contributed by atoms with E-state index >= 15 is 0 Å². The number of benzene rings is 1. The zero-order valence-corrected chi connectivity index (χ0v) is 10.7. The van der Waals surface area contributed by atoms with E-state index in [4.69, 9.17) is 9.47 Å². The van der Waals surface area contributed by atoms with Gasteiger partial charge in [-0.25, -0.2) is 4.79 Å². The molecule has 0 unspecified atom stereocenters. The fourth-order valence-electron chi connectivity index (χ4n) is 1.25. The fraction of sp³-hybridized carbons (Fsp3) is 0.462. The van der Waals surface area contributed by atoms with Crippen molar-refractivity contribution in [2.75, 3.05) is 5.32 Å². The van der Waals surface area contributed by atoms with Gasteiger partial charge < -0.3 is 9.47 Å². The van der Waals surface area contributed by atoms with E-state index in [0.29, 0.717) is 5.69 Å². The van der Waals surface area contributed by atoms with Crippen LogP contribution in [0.2, 0.25) is 0 Å². The molecule has 94 valence electrons. The summed E-state index contributed by atoms with van der Waals surface area (Å²) in [6.07, 6.45) is -0.434. The second kappa shape index (κ2) is 6.13. The second-order valence-electron chi connectivity index (χ2n) is 4.27. The van der Waals surface area contributed by atoms with Crippen LogP contribution in [0, 0.1) is 0 Å². The van der Waals surface area contributed by atoms with Crippen LogP contribution in [0.5, 0.6) is 5.75 Å². The lowest BCUT2D eigenvalue weighted by molar-refractivity contribution is 0.130. The average molecular weight is 237 g/mol. The normalized spacial score (nSPS) is 10.5. The molecule has 0 aliphatic heterocycles. The quantitative estimate of drug-likeness (QED) is 0.872. The molecule has 1 N–H and O–H groups in total. The van der Waals surface area contributed by atoms with Gasteiger partial charge in [-0.05, 0) is 52.0 Å². The van der Waals surface area contributed by atoms with Gasteiger partial charge in [0.2, 0.25) is 0 Å². The first-order chi connectivity index (χ1) is 7.97. The van der Waals surface area contributed by atoms with Gasteiger partial charge in [0.05, 0.1) is 12.2 Å². The first kappa shape index (κ1) is 13.4. The Labute approximate surface area is 102 Å². The highest BCUT2D eigenvalue weighted by Crippen LogP contribution is 2.17. The Morgan fingerprint density at radius 2 is 1.65 bits per heavy atom. The van der Waals surface area contributed by atoms with Gasteiger partial charge in [-0.2, -0.15) is 0 Å². The van der Waals surface area contributed by atoms with Crippen LogP contribution in [0.25, 0.3) is 0 Å². The summed E-state index contributed by atoms with van der Waals surface area (Å²) >= 11 is 0. The van der Waals surface area contributed by atoms with Crippen molar-refractivity contribution >= 4 is 11.8 Å². The van der Waals surface area contributed by atoms with Crippen molar-refractivity contribution in [1.82, 2.24) is 0 Å². The third-order valence-electron chi connectivity index (χ3n) is 1.82. The number of hydrogen-bond acceptors (Lipinski definition) is 3. The number of carbonyl (C=O) groups excluding carboxylic acids is 1. The Balaban J connectivity index is 2.53. The standard InChI is InChI=1S/C13H19NO3/c1-9(2)16-12-7-5-11(6-8-12)14-13(15)17-10(3)4/h5-10H,1-4H3,(H,14,15). The summed E-state index contributed by atoms with van der Waals surface area (Å²) in [7, 11) is 0. The number of amides is 1. The second-order valence-corrected chi connectivity index (χ2v) is 4.27. The minimum absolute atomic E-state index is 0.126. The molecule has 0 aliphatic rings. The van der Waals surface area contributed by atoms with E-state index in [0.717, 1.165) is 5.75 Å². The molecule has 1 rings (SSSR count). The van der Waals surface area contributed by atoms with Crippen LogP contribution >= 0.6 is 0 Å². The Kier molecular flexibility index (Phi) is 4.82. The SMILES string of the molecule is CC(C)OC(=O)Nc1ccc(OC(C)C)cc1. The predicted molar refractivity (Wildman–Crippen MR) is 67.4 cm³/mol. The lowest BCUT2D eigenvalue weighted by atomic mass is 10.3. The van der Waals surface area contributed by atoms with Crippen molar-refractivity contribution in [3.63, 3.8) is 0 Å². The zero-order chi connectivity index (χ0) is 12.8. The lowest BCUT2D eigenvalue weighted by Gasteiger charge is -2.11. The van der Waals surface area contributed by atoms with Crippen molar-refractivity contribution in [2.24, 2.45) is 0 Å². The number of nitrogens with one attached hydrogen (secondary N) is 1. The molecule has 0 aromatic heterocycles. The molecule has 1 aromatic carbocycles. The maximum Gasteiger partial charge on any atom is 0.411 e. The van der Waals surface area contributed by atoms with E-state index in [2.05, 4.69) is 5.32 Å². The lowest BCUT2D eigenvalue weighted by Crippen LogP contribution is -2.17. The molecule has 0 saturated carbocycles. The van der Waals surface area contributed by atoms with Crippen molar-refractivity contribution in [2.45, 2.75) is 39.9 Å². The summed E-state index contributed by atoms with van der Waals surface area (Å²) in [6.45, 7) is 7.54. The molecule has 4 heteroatoms. The summed E-state index contributed by atoms with van der Waals surface area (Å²) in [6, 6.07) is 7.18. The predicted octanol–water partition coefficient (Wildman–Crippen LogP) is 3.43. The molecule has 0 bridgehead atoms. The van der Waals surface area contributed by atoms with E-state index < -0.39 is 6.09 Å². The van der Waals surface area contributed by atoms with Gasteiger partial charge in [0.1, 0.15) is 5.75 Å². The molecule has 0 aliphatic carbocycles. The van der Waals surface area contributed by atoms with E-state index in [1.807, 2.05) is 26.0 Å². The summed E-state index contributed by atoms with van der Waals surface area (Å²) in [5.74, 6) is 0.780. The maximum atomic E-state index is 11.3. The van der Waals surface area contributed by atoms with E-state index in [1.165, 1.54) is 0 Å². The molecule has 0 fully saturated rings. The summed E-state index contributed by atoms with van der Waals surface area (Å²) < 4.78 is 10.5. The highest BCUT2D eigenvalue weighted by Gasteiger charge is 2.05. The third-order valence-corrected chi connectivity index (χ3v) is 1.82. The van der Waals surface area contributed by atoms with Gasteiger partial charge in [-0.3, -0.25) is 5.32 Å². The maximum absolute atomic E-state index is 11.3. The Hall–Kier alpha value is -1.71. The molecule has 0 heterocycles. The van der Waals surface area contributed by atoms with Crippen LogP contribution in [0.15, 0.2) is 24.3 Å². The molecule has 0 radical (unpaired) electrons. The Morgan fingerprint density at radius 3 is 2.12 bits per heavy atom. The van der Waals surface area contributed by atoms with Crippen LogP contribution in [-0.2, 0) is 4.74 Å². The number of carbonyl (C=O) groups is 1. The van der Waals surface area contributed by atoms with Gasteiger partial charge in [0.15, 0.2) is 0 Å². The van der Waals surface area contributed by atoms with Crippen LogP contribution in [0.3, 0.4) is 0 Å². The Bertz CT molecular complexity index is 357. The number of rotatable bonds is 4. The molecule has 0 atom stereocenters. The van der Waals surface area contributed by atoms with Crippen LogP contribution in [0.1, 0.15) is 27.7 Å². The van der Waals surface area contributed by atoms with Crippen molar-refractivity contribution in [3.8, 4) is 5.75 Å². The molecule has 1 amide bonds. The largest absolute Gasteiger partial charge is 0.491 e. The van der Waals surface area contributed by atoms with Crippen molar-refractivity contribution in [3.05, 3.63) is 24.3 Å². The van der Waals surface area contributed by atoms with Crippen molar-refractivity contribution in [1.29, 1.82) is 0 Å². The molecule has 17 heavy (non-hydrogen) atoms. The van der Waals surface area contributed by atoms with Crippen LogP contribution in [0.4, 0.5) is 10.5 Å². The monoisotopic (exact) mass is 237 g/mol. The van der Waals surface area contributed by atoms with E-state index in [1.54, 1.807) is 26.0 Å². The van der Waals surface area contributed by atoms with Gasteiger partial charge in [0.25, 0.3) is 0 Å². The highest BCUT2D eigenvalue weighted by atomic mass is 16.6. The summed E-state index contributed by atoms with van der Waals surface area (Å²) in [5, 5.41) is 2.64. The molecule has 1 aromatic rings. The first-order valence-electron chi connectivity index (χ1n) is 5.71. The van der Waals surface area contributed by atoms with Crippen LogP contribution in [-0.4, -0.2) is 18.3 Å². The molecular formula is C13H19NO3. The van der Waals surface area contributed by atoms with E-state index in [9.17, 15) is 4.79 Å². The summed E-state index contributed by atoms with van der Waals surface area (Å²) in [5.41, 5.74) is 0.687. The molecular weight excluding hydrogens is 218 g/mol. The third kappa shape index (κ3) is 5.24. The minimum atomic E-state index is -0.447. The van der Waals surface area contributed by atoms with Crippen molar-refractivity contribution < 1.29 is 14.3 Å². The fourth-order valence-corrected chi connectivity index (χ4v) is 1.25. The topological polar surface area (TPSA) is 47.6 Å².